The first-order valence-corrected chi connectivity index (χ1v) is 9.98. The van der Waals surface area contributed by atoms with Crippen LogP contribution in [0.2, 0.25) is 5.02 Å². The van der Waals surface area contributed by atoms with E-state index in [-0.39, 0.29) is 12.3 Å². The van der Waals surface area contributed by atoms with Crippen molar-refractivity contribution in [1.82, 2.24) is 5.32 Å². The number of halogens is 1. The third-order valence-corrected chi connectivity index (χ3v) is 4.62. The number of hydrogen-bond acceptors (Lipinski definition) is 4. The first-order valence-electron chi connectivity index (χ1n) is 9.60. The topological polar surface area (TPSA) is 84.5 Å². The minimum Gasteiger partial charge on any atom is -0.425 e. The highest BCUT2D eigenvalue weighted by molar-refractivity contribution is 6.30. The summed E-state index contributed by atoms with van der Waals surface area (Å²) >= 11 is 5.88. The van der Waals surface area contributed by atoms with Gasteiger partial charge in [0.1, 0.15) is 11.8 Å². The van der Waals surface area contributed by atoms with E-state index in [1.807, 2.05) is 30.3 Å². The van der Waals surface area contributed by atoms with Gasteiger partial charge in [-0.15, -0.1) is 0 Å². The Balaban J connectivity index is 1.74. The van der Waals surface area contributed by atoms with E-state index in [9.17, 15) is 14.4 Å². The van der Waals surface area contributed by atoms with Gasteiger partial charge in [-0.1, -0.05) is 41.9 Å². The maximum Gasteiger partial charge on any atom is 0.334 e. The number of benzene rings is 3. The second-order valence-corrected chi connectivity index (χ2v) is 7.29. The number of rotatable bonds is 7. The van der Waals surface area contributed by atoms with Crippen LogP contribution in [0.15, 0.2) is 78.9 Å². The standard InChI is InChI=1S/C24H21ClN2O4/c1-16(28)26-20-11-13-21(14-12-20)31-24(30)22(15-17-5-3-2-4-6-17)27-23(29)18-7-9-19(25)10-8-18/h2-14,22H,15H2,1H3,(H,26,28)(H,27,29). The van der Waals surface area contributed by atoms with Crippen molar-refractivity contribution < 1.29 is 19.1 Å². The highest BCUT2D eigenvalue weighted by Gasteiger charge is 2.24. The maximum absolute atomic E-state index is 12.9. The summed E-state index contributed by atoms with van der Waals surface area (Å²) in [4.78, 5) is 36.7. The minimum absolute atomic E-state index is 0.197. The van der Waals surface area contributed by atoms with Crippen LogP contribution in [0.25, 0.3) is 0 Å². The number of esters is 1. The van der Waals surface area contributed by atoms with Crippen LogP contribution in [0.1, 0.15) is 22.8 Å². The number of hydrogen-bond donors (Lipinski definition) is 2. The lowest BCUT2D eigenvalue weighted by Gasteiger charge is -2.18. The average molecular weight is 437 g/mol. The molecule has 3 rings (SSSR count). The maximum atomic E-state index is 12.9. The van der Waals surface area contributed by atoms with Gasteiger partial charge < -0.3 is 15.4 Å². The summed E-state index contributed by atoms with van der Waals surface area (Å²) in [5, 5.41) is 5.90. The molecule has 6 nitrogen and oxygen atoms in total. The van der Waals surface area contributed by atoms with Crippen LogP contribution in [0.3, 0.4) is 0 Å². The fraction of sp³-hybridized carbons (Fsp3) is 0.125. The van der Waals surface area contributed by atoms with Crippen LogP contribution in [0.5, 0.6) is 5.75 Å². The molecular formula is C24H21ClN2O4. The molecule has 2 N–H and O–H groups in total. The van der Waals surface area contributed by atoms with Crippen molar-refractivity contribution >= 4 is 35.1 Å². The molecule has 0 spiro atoms. The van der Waals surface area contributed by atoms with Gasteiger partial charge >= 0.3 is 5.97 Å². The van der Waals surface area contributed by atoms with E-state index in [1.165, 1.54) is 6.92 Å². The lowest BCUT2D eigenvalue weighted by Crippen LogP contribution is -2.44. The number of nitrogens with one attached hydrogen (secondary N) is 2. The Bertz CT molecular complexity index is 1050. The summed E-state index contributed by atoms with van der Waals surface area (Å²) in [6.07, 6.45) is 0.267. The molecule has 0 radical (unpaired) electrons. The first kappa shape index (κ1) is 22.1. The monoisotopic (exact) mass is 436 g/mol. The van der Waals surface area contributed by atoms with Crippen LogP contribution < -0.4 is 15.4 Å². The normalized spacial score (nSPS) is 11.3. The molecule has 0 aliphatic heterocycles. The fourth-order valence-electron chi connectivity index (χ4n) is 2.88. The highest BCUT2D eigenvalue weighted by Crippen LogP contribution is 2.17. The molecule has 0 saturated carbocycles. The van der Waals surface area contributed by atoms with Crippen molar-refractivity contribution in [1.29, 1.82) is 0 Å². The van der Waals surface area contributed by atoms with Crippen molar-refractivity contribution in [2.45, 2.75) is 19.4 Å². The van der Waals surface area contributed by atoms with Crippen LogP contribution in [-0.2, 0) is 16.0 Å². The first-order chi connectivity index (χ1) is 14.9. The smallest absolute Gasteiger partial charge is 0.334 e. The number of carbonyl (C=O) groups is 3. The molecule has 0 bridgehead atoms. The van der Waals surface area contributed by atoms with Crippen molar-refractivity contribution in [3.05, 3.63) is 95.0 Å². The second-order valence-electron chi connectivity index (χ2n) is 6.85. The predicted octanol–water partition coefficient (Wildman–Crippen LogP) is 4.25. The SMILES string of the molecule is CC(=O)Nc1ccc(OC(=O)C(Cc2ccccc2)NC(=O)c2ccc(Cl)cc2)cc1. The highest BCUT2D eigenvalue weighted by atomic mass is 35.5. The van der Waals surface area contributed by atoms with Crippen LogP contribution >= 0.6 is 11.6 Å². The third kappa shape index (κ3) is 6.69. The Morgan fingerprint density at radius 1 is 0.903 bits per heavy atom. The van der Waals surface area contributed by atoms with Crippen molar-refractivity contribution in [2.75, 3.05) is 5.32 Å². The molecule has 0 aromatic heterocycles. The van der Waals surface area contributed by atoms with E-state index in [0.717, 1.165) is 5.56 Å². The Morgan fingerprint density at radius 3 is 2.16 bits per heavy atom. The zero-order valence-electron chi connectivity index (χ0n) is 16.8. The summed E-state index contributed by atoms with van der Waals surface area (Å²) in [7, 11) is 0. The molecule has 3 aromatic rings. The zero-order valence-corrected chi connectivity index (χ0v) is 17.6. The molecule has 0 aliphatic carbocycles. The van der Waals surface area contributed by atoms with Gasteiger partial charge in [0, 0.05) is 29.6 Å². The number of amides is 2. The van der Waals surface area contributed by atoms with E-state index >= 15 is 0 Å². The molecule has 1 atom stereocenters. The number of ether oxygens (including phenoxy) is 1. The van der Waals surface area contributed by atoms with E-state index < -0.39 is 17.9 Å². The summed E-state index contributed by atoms with van der Waals surface area (Å²) in [6, 6.07) is 21.2. The van der Waals surface area contributed by atoms with E-state index in [1.54, 1.807) is 48.5 Å². The lowest BCUT2D eigenvalue weighted by atomic mass is 10.1. The summed E-state index contributed by atoms with van der Waals surface area (Å²) in [6.45, 7) is 1.41. The molecule has 0 heterocycles. The van der Waals surface area contributed by atoms with Gasteiger partial charge in [0.15, 0.2) is 0 Å². The summed E-state index contributed by atoms with van der Waals surface area (Å²) in [5.41, 5.74) is 1.85. The average Bonchev–Trinajstić information content (AvgIpc) is 2.75. The molecule has 158 valence electrons. The molecule has 3 aromatic carbocycles. The van der Waals surface area contributed by atoms with Crippen molar-refractivity contribution in [3.8, 4) is 5.75 Å². The van der Waals surface area contributed by atoms with E-state index in [4.69, 9.17) is 16.3 Å². The summed E-state index contributed by atoms with van der Waals surface area (Å²) < 4.78 is 5.48. The van der Waals surface area contributed by atoms with Gasteiger partial charge in [0.2, 0.25) is 5.91 Å². The Labute approximate surface area is 185 Å². The minimum atomic E-state index is -0.902. The summed E-state index contributed by atoms with van der Waals surface area (Å²) in [5.74, 6) is -0.899. The fourth-order valence-corrected chi connectivity index (χ4v) is 3.01. The number of carbonyl (C=O) groups excluding carboxylic acids is 3. The molecule has 31 heavy (non-hydrogen) atoms. The van der Waals surface area contributed by atoms with Gasteiger partial charge in [-0.2, -0.15) is 0 Å². The Morgan fingerprint density at radius 2 is 1.55 bits per heavy atom. The molecular weight excluding hydrogens is 416 g/mol. The molecule has 1 unspecified atom stereocenters. The molecule has 0 saturated heterocycles. The van der Waals surface area contributed by atoms with Gasteiger partial charge in [0.25, 0.3) is 5.91 Å². The quantitative estimate of drug-likeness (QED) is 0.428. The van der Waals surface area contributed by atoms with Gasteiger partial charge in [-0.3, -0.25) is 9.59 Å². The molecule has 7 heteroatoms. The van der Waals surface area contributed by atoms with Gasteiger partial charge in [-0.25, -0.2) is 4.79 Å². The van der Waals surface area contributed by atoms with E-state index in [2.05, 4.69) is 10.6 Å². The largest absolute Gasteiger partial charge is 0.425 e. The third-order valence-electron chi connectivity index (χ3n) is 4.37. The molecule has 2 amide bonds. The van der Waals surface area contributed by atoms with Crippen molar-refractivity contribution in [2.24, 2.45) is 0 Å². The Hall–Kier alpha value is -3.64. The van der Waals surface area contributed by atoms with E-state index in [0.29, 0.717) is 22.0 Å². The Kier molecular flexibility index (Phi) is 7.40. The van der Waals surface area contributed by atoms with Gasteiger partial charge in [0.05, 0.1) is 0 Å². The van der Waals surface area contributed by atoms with Crippen LogP contribution in [0, 0.1) is 0 Å². The van der Waals surface area contributed by atoms with Gasteiger partial charge in [-0.05, 0) is 54.1 Å². The van der Waals surface area contributed by atoms with Crippen molar-refractivity contribution in [3.63, 3.8) is 0 Å². The molecule has 0 aliphatic rings. The number of anilines is 1. The lowest BCUT2D eigenvalue weighted by molar-refractivity contribution is -0.136. The van der Waals surface area contributed by atoms with Crippen LogP contribution in [0.4, 0.5) is 5.69 Å². The second kappa shape index (κ2) is 10.4. The molecule has 0 fully saturated rings. The zero-order chi connectivity index (χ0) is 22.2. The predicted molar refractivity (Wildman–Crippen MR) is 119 cm³/mol. The van der Waals surface area contributed by atoms with Crippen LogP contribution in [-0.4, -0.2) is 23.8 Å².